The molecule has 0 fully saturated rings. The molecule has 0 bridgehead atoms. The number of carboxylic acids is 1. The first kappa shape index (κ1) is 19.8. The SMILES string of the molecule is COc1ccc(CSC2=NC(c3cccc(OC)c3)C(C(=O)O)=C(C)N2)cc1. The Morgan fingerprint density at radius 3 is 2.50 bits per heavy atom. The highest BCUT2D eigenvalue weighted by Gasteiger charge is 2.29. The van der Waals surface area contributed by atoms with Crippen LogP contribution in [-0.4, -0.2) is 30.5 Å². The van der Waals surface area contributed by atoms with E-state index in [4.69, 9.17) is 9.47 Å². The summed E-state index contributed by atoms with van der Waals surface area (Å²) in [7, 11) is 3.22. The quantitative estimate of drug-likeness (QED) is 0.766. The van der Waals surface area contributed by atoms with Crippen molar-refractivity contribution in [2.45, 2.75) is 18.7 Å². The zero-order valence-corrected chi connectivity index (χ0v) is 16.7. The molecule has 3 rings (SSSR count). The molecule has 1 aliphatic rings. The van der Waals surface area contributed by atoms with E-state index in [-0.39, 0.29) is 5.57 Å². The van der Waals surface area contributed by atoms with Gasteiger partial charge in [-0.2, -0.15) is 0 Å². The number of hydrogen-bond acceptors (Lipinski definition) is 6. The Bertz CT molecular complexity index is 922. The van der Waals surface area contributed by atoms with Crippen molar-refractivity contribution in [1.82, 2.24) is 5.32 Å². The molecular weight excluding hydrogens is 376 g/mol. The van der Waals surface area contributed by atoms with Gasteiger partial charge in [-0.25, -0.2) is 9.79 Å². The summed E-state index contributed by atoms with van der Waals surface area (Å²) in [5, 5.41) is 13.5. The van der Waals surface area contributed by atoms with Crippen molar-refractivity contribution in [3.63, 3.8) is 0 Å². The van der Waals surface area contributed by atoms with Crippen molar-refractivity contribution in [3.05, 3.63) is 70.9 Å². The number of allylic oxidation sites excluding steroid dienone is 1. The Labute approximate surface area is 168 Å². The van der Waals surface area contributed by atoms with Gasteiger partial charge in [-0.05, 0) is 42.3 Å². The normalized spacial score (nSPS) is 16.2. The minimum atomic E-state index is -0.985. The molecule has 1 aliphatic heterocycles. The van der Waals surface area contributed by atoms with Gasteiger partial charge >= 0.3 is 5.97 Å². The van der Waals surface area contributed by atoms with Crippen molar-refractivity contribution in [2.75, 3.05) is 14.2 Å². The monoisotopic (exact) mass is 398 g/mol. The van der Waals surface area contributed by atoms with E-state index in [9.17, 15) is 9.90 Å². The number of methoxy groups -OCH3 is 2. The van der Waals surface area contributed by atoms with Crippen molar-refractivity contribution in [2.24, 2.45) is 4.99 Å². The zero-order chi connectivity index (χ0) is 20.1. The molecule has 2 aromatic rings. The van der Waals surface area contributed by atoms with Crippen LogP contribution in [0, 0.1) is 0 Å². The van der Waals surface area contributed by atoms with E-state index in [1.807, 2.05) is 48.5 Å². The highest BCUT2D eigenvalue weighted by molar-refractivity contribution is 8.13. The molecule has 0 spiro atoms. The molecule has 0 radical (unpaired) electrons. The topological polar surface area (TPSA) is 80.2 Å². The third-order valence-electron chi connectivity index (χ3n) is 4.39. The van der Waals surface area contributed by atoms with Crippen LogP contribution < -0.4 is 14.8 Å². The number of benzene rings is 2. The summed E-state index contributed by atoms with van der Waals surface area (Å²) in [6.45, 7) is 1.76. The van der Waals surface area contributed by atoms with Crippen molar-refractivity contribution in [3.8, 4) is 11.5 Å². The van der Waals surface area contributed by atoms with E-state index in [1.165, 1.54) is 11.8 Å². The first-order valence-electron chi connectivity index (χ1n) is 8.70. The number of nitrogens with zero attached hydrogens (tertiary/aromatic N) is 1. The van der Waals surface area contributed by atoms with Gasteiger partial charge < -0.3 is 19.9 Å². The highest BCUT2D eigenvalue weighted by atomic mass is 32.2. The lowest BCUT2D eigenvalue weighted by Gasteiger charge is -2.25. The number of aliphatic imine (C=N–C) groups is 1. The smallest absolute Gasteiger partial charge is 0.335 e. The maximum Gasteiger partial charge on any atom is 0.335 e. The van der Waals surface area contributed by atoms with E-state index in [0.29, 0.717) is 22.4 Å². The summed E-state index contributed by atoms with van der Waals surface area (Å²) in [4.78, 5) is 16.5. The Morgan fingerprint density at radius 1 is 1.14 bits per heavy atom. The van der Waals surface area contributed by atoms with E-state index in [1.54, 1.807) is 21.1 Å². The van der Waals surface area contributed by atoms with Crippen LogP contribution in [0.4, 0.5) is 0 Å². The number of ether oxygens (including phenoxy) is 2. The Balaban J connectivity index is 1.84. The number of amidine groups is 1. The molecule has 1 atom stereocenters. The van der Waals surface area contributed by atoms with Gasteiger partial charge in [-0.3, -0.25) is 0 Å². The summed E-state index contributed by atoms with van der Waals surface area (Å²) in [5.74, 6) is 1.20. The summed E-state index contributed by atoms with van der Waals surface area (Å²) >= 11 is 1.53. The molecule has 0 aromatic heterocycles. The fourth-order valence-corrected chi connectivity index (χ4v) is 3.82. The Hall–Kier alpha value is -2.93. The van der Waals surface area contributed by atoms with Gasteiger partial charge in [0.25, 0.3) is 0 Å². The van der Waals surface area contributed by atoms with Crippen molar-refractivity contribution in [1.29, 1.82) is 0 Å². The summed E-state index contributed by atoms with van der Waals surface area (Å²) < 4.78 is 10.5. The number of carboxylic acid groups (broad SMARTS) is 1. The molecular formula is C21H22N2O4S. The molecule has 0 saturated heterocycles. The van der Waals surface area contributed by atoms with Gasteiger partial charge in [0.05, 0.1) is 19.8 Å². The molecule has 0 amide bonds. The molecule has 1 heterocycles. The van der Waals surface area contributed by atoms with Crippen LogP contribution in [0.3, 0.4) is 0 Å². The van der Waals surface area contributed by atoms with Crippen LogP contribution in [0.5, 0.6) is 11.5 Å². The third-order valence-corrected chi connectivity index (χ3v) is 5.35. The van der Waals surface area contributed by atoms with Gasteiger partial charge in [0.2, 0.25) is 0 Å². The number of hydrogen-bond donors (Lipinski definition) is 2. The van der Waals surface area contributed by atoms with E-state index in [0.717, 1.165) is 16.9 Å². The second-order valence-electron chi connectivity index (χ2n) is 6.22. The molecule has 28 heavy (non-hydrogen) atoms. The molecule has 0 aliphatic carbocycles. The minimum Gasteiger partial charge on any atom is -0.497 e. The fraction of sp³-hybridized carbons (Fsp3) is 0.238. The van der Waals surface area contributed by atoms with E-state index < -0.39 is 12.0 Å². The number of thioether (sulfide) groups is 1. The first-order valence-corrected chi connectivity index (χ1v) is 9.69. The van der Waals surface area contributed by atoms with Gasteiger partial charge in [-0.1, -0.05) is 36.0 Å². The average Bonchev–Trinajstić information content (AvgIpc) is 2.71. The first-order chi connectivity index (χ1) is 13.5. The van der Waals surface area contributed by atoms with Crippen LogP contribution in [0.25, 0.3) is 0 Å². The van der Waals surface area contributed by atoms with Crippen LogP contribution in [0.1, 0.15) is 24.1 Å². The minimum absolute atomic E-state index is 0.238. The number of rotatable bonds is 6. The average molecular weight is 398 g/mol. The lowest BCUT2D eigenvalue weighted by molar-refractivity contribution is -0.133. The van der Waals surface area contributed by atoms with Crippen molar-refractivity contribution < 1.29 is 19.4 Å². The second kappa shape index (κ2) is 8.84. The number of nitrogens with one attached hydrogen (secondary N) is 1. The molecule has 1 unspecified atom stereocenters. The Kier molecular flexibility index (Phi) is 6.26. The molecule has 0 saturated carbocycles. The van der Waals surface area contributed by atoms with Crippen LogP contribution >= 0.6 is 11.8 Å². The molecule has 7 heteroatoms. The van der Waals surface area contributed by atoms with Crippen LogP contribution in [0.15, 0.2) is 64.8 Å². The van der Waals surface area contributed by atoms with Gasteiger partial charge in [0.15, 0.2) is 5.17 Å². The largest absolute Gasteiger partial charge is 0.497 e. The maximum atomic E-state index is 11.8. The summed E-state index contributed by atoms with van der Waals surface area (Å²) in [6, 6.07) is 14.6. The second-order valence-corrected chi connectivity index (χ2v) is 7.18. The predicted octanol–water partition coefficient (Wildman–Crippen LogP) is 4.00. The molecule has 146 valence electrons. The molecule has 2 aromatic carbocycles. The maximum absolute atomic E-state index is 11.8. The van der Waals surface area contributed by atoms with E-state index in [2.05, 4.69) is 10.3 Å². The molecule has 2 N–H and O–H groups in total. The lowest BCUT2D eigenvalue weighted by atomic mass is 9.96. The number of carbonyl (C=O) groups is 1. The van der Waals surface area contributed by atoms with Crippen LogP contribution in [-0.2, 0) is 10.5 Å². The highest BCUT2D eigenvalue weighted by Crippen LogP contribution is 2.34. The van der Waals surface area contributed by atoms with Gasteiger partial charge in [-0.15, -0.1) is 0 Å². The predicted molar refractivity (Wildman–Crippen MR) is 111 cm³/mol. The zero-order valence-electron chi connectivity index (χ0n) is 15.9. The summed E-state index contributed by atoms with van der Waals surface area (Å²) in [5.41, 5.74) is 2.73. The van der Waals surface area contributed by atoms with Gasteiger partial charge in [0, 0.05) is 11.4 Å². The van der Waals surface area contributed by atoms with Crippen LogP contribution in [0.2, 0.25) is 0 Å². The van der Waals surface area contributed by atoms with Gasteiger partial charge in [0.1, 0.15) is 17.5 Å². The van der Waals surface area contributed by atoms with Crippen molar-refractivity contribution >= 4 is 22.9 Å². The fourth-order valence-electron chi connectivity index (χ4n) is 2.92. The standard InChI is InChI=1S/C21H22N2O4S/c1-13-18(20(24)25)19(15-5-4-6-17(11-15)27-3)23-21(22-13)28-12-14-7-9-16(26-2)10-8-14/h4-11,19H,12H2,1-3H3,(H,22,23)(H,24,25). The lowest BCUT2D eigenvalue weighted by Crippen LogP contribution is -2.29. The number of aliphatic carboxylic acids is 1. The van der Waals surface area contributed by atoms with E-state index >= 15 is 0 Å². The summed E-state index contributed by atoms with van der Waals surface area (Å²) in [6.07, 6.45) is 0. The molecule has 6 nitrogen and oxygen atoms in total. The third kappa shape index (κ3) is 4.48. The Morgan fingerprint density at radius 2 is 1.86 bits per heavy atom.